The molecular formula is C30H48Cl2N6O6S. The van der Waals surface area contributed by atoms with Crippen LogP contribution in [0.25, 0.3) is 5.69 Å². The molecule has 2 amide bonds. The zero-order valence-electron chi connectivity index (χ0n) is 26.7. The summed E-state index contributed by atoms with van der Waals surface area (Å²) >= 11 is 0. The zero-order chi connectivity index (χ0) is 31.5. The maximum Gasteiger partial charge on any atom is 0.248 e. The molecule has 1 spiro atoms. The molecule has 12 nitrogen and oxygen atoms in total. The van der Waals surface area contributed by atoms with E-state index in [2.05, 4.69) is 21.9 Å². The Bertz CT molecular complexity index is 1410. The second kappa shape index (κ2) is 16.0. The maximum atomic E-state index is 13.6. The van der Waals surface area contributed by atoms with Gasteiger partial charge in [0.05, 0.1) is 29.0 Å². The highest BCUT2D eigenvalue weighted by Gasteiger charge is 2.54. The van der Waals surface area contributed by atoms with Gasteiger partial charge in [0.15, 0.2) is 0 Å². The highest BCUT2D eigenvalue weighted by molar-refractivity contribution is 7.89. The van der Waals surface area contributed by atoms with Crippen molar-refractivity contribution in [1.29, 1.82) is 0 Å². The molecule has 2 saturated heterocycles. The Kier molecular flexibility index (Phi) is 13.9. The first-order valence-corrected chi connectivity index (χ1v) is 16.6. The number of piperazine rings is 1. The van der Waals surface area contributed by atoms with Gasteiger partial charge in [0.2, 0.25) is 21.8 Å². The molecule has 4 rings (SSSR count). The van der Waals surface area contributed by atoms with Crippen LogP contribution in [0.4, 0.5) is 0 Å². The number of unbranched alkanes of at least 4 members (excludes halogenated alkanes) is 1. The lowest BCUT2D eigenvalue weighted by molar-refractivity contribution is -0.165. The number of aliphatic hydroxyl groups excluding tert-OH is 2. The van der Waals surface area contributed by atoms with E-state index in [1.165, 1.54) is 12.1 Å². The summed E-state index contributed by atoms with van der Waals surface area (Å²) in [6.07, 6.45) is 1.76. The fraction of sp³-hybridized carbons (Fsp3) is 0.633. The average Bonchev–Trinajstić information content (AvgIpc) is 3.27. The van der Waals surface area contributed by atoms with Crippen molar-refractivity contribution in [3.8, 4) is 5.69 Å². The largest absolute Gasteiger partial charge is 0.395 e. The molecule has 2 fully saturated rings. The SMILES string of the molecule is CCCCN1C(=O)[C@@H]([C@H](O)C(C)C)NC(=O)C12CCN(Cc1c(C)nn(-c3ccc(S(=O)(=O)NCCO)cc3)c1C)CC2.Cl.Cl. The third kappa shape index (κ3) is 8.01. The number of hydrogen-bond donors (Lipinski definition) is 4. The number of rotatable bonds is 12. The Balaban J connectivity index is 0.00000353. The van der Waals surface area contributed by atoms with Crippen molar-refractivity contribution in [2.75, 3.05) is 32.8 Å². The van der Waals surface area contributed by atoms with Crippen LogP contribution in [0.2, 0.25) is 0 Å². The molecule has 2 atom stereocenters. The standard InChI is InChI=1S/C30H46N6O6S.2ClH/c1-6-7-15-35-28(39)26(27(38)20(2)3)32-29(40)30(35)12-16-34(17-13-30)19-25-21(4)33-36(22(25)5)23-8-10-24(11-9-23)43(41,42)31-14-18-37;;/h8-11,20,26-27,31,37-38H,6-7,12-19H2,1-5H3,(H,32,40);2*1H/t26-,27-;;/m1../s1. The fourth-order valence-electron chi connectivity index (χ4n) is 6.08. The predicted octanol–water partition coefficient (Wildman–Crippen LogP) is 2.08. The average molecular weight is 692 g/mol. The van der Waals surface area contributed by atoms with Crippen LogP contribution in [0.1, 0.15) is 63.4 Å². The van der Waals surface area contributed by atoms with Crippen molar-refractivity contribution < 1.29 is 28.2 Å². The molecule has 0 saturated carbocycles. The van der Waals surface area contributed by atoms with Gasteiger partial charge in [0.1, 0.15) is 11.6 Å². The Morgan fingerprint density at radius 1 is 1.11 bits per heavy atom. The topological polar surface area (TPSA) is 157 Å². The number of aryl methyl sites for hydroxylation is 1. The van der Waals surface area contributed by atoms with E-state index in [0.29, 0.717) is 39.0 Å². The number of benzene rings is 1. The second-order valence-corrected chi connectivity index (χ2v) is 13.8. The highest BCUT2D eigenvalue weighted by Crippen LogP contribution is 2.35. The Morgan fingerprint density at radius 3 is 2.29 bits per heavy atom. The van der Waals surface area contributed by atoms with Crippen molar-refractivity contribution in [3.05, 3.63) is 41.2 Å². The lowest BCUT2D eigenvalue weighted by Crippen LogP contribution is -2.74. The van der Waals surface area contributed by atoms with Crippen LogP contribution in [-0.2, 0) is 26.2 Å². The van der Waals surface area contributed by atoms with Crippen LogP contribution in [-0.4, -0.2) is 100 Å². The van der Waals surface area contributed by atoms with Crippen molar-refractivity contribution in [2.24, 2.45) is 5.92 Å². The Hall–Kier alpha value is -2.26. The van der Waals surface area contributed by atoms with Gasteiger partial charge in [0.25, 0.3) is 0 Å². The summed E-state index contributed by atoms with van der Waals surface area (Å²) < 4.78 is 28.9. The molecule has 0 aliphatic carbocycles. The van der Waals surface area contributed by atoms with E-state index in [1.54, 1.807) is 21.7 Å². The number of amides is 2. The van der Waals surface area contributed by atoms with E-state index in [9.17, 15) is 23.1 Å². The molecule has 2 aliphatic heterocycles. The number of aromatic nitrogens is 2. The van der Waals surface area contributed by atoms with Crippen LogP contribution in [0, 0.1) is 19.8 Å². The third-order valence-corrected chi connectivity index (χ3v) is 10.3. The van der Waals surface area contributed by atoms with E-state index in [-0.39, 0.29) is 60.6 Å². The quantitative estimate of drug-likeness (QED) is 0.264. The summed E-state index contributed by atoms with van der Waals surface area (Å²) in [5.74, 6) is -0.533. The smallest absolute Gasteiger partial charge is 0.248 e. The van der Waals surface area contributed by atoms with E-state index >= 15 is 0 Å². The lowest BCUT2D eigenvalue weighted by atomic mass is 9.80. The minimum Gasteiger partial charge on any atom is -0.395 e. The number of carbonyl (C=O) groups is 2. The minimum absolute atomic E-state index is 0. The fourth-order valence-corrected chi connectivity index (χ4v) is 7.10. The Morgan fingerprint density at radius 2 is 1.73 bits per heavy atom. The lowest BCUT2D eigenvalue weighted by Gasteiger charge is -2.52. The van der Waals surface area contributed by atoms with E-state index in [1.807, 2.05) is 27.7 Å². The molecule has 254 valence electrons. The summed E-state index contributed by atoms with van der Waals surface area (Å²) in [4.78, 5) is 31.3. The maximum absolute atomic E-state index is 13.6. The molecule has 1 aromatic carbocycles. The molecule has 4 N–H and O–H groups in total. The summed E-state index contributed by atoms with van der Waals surface area (Å²) in [5.41, 5.74) is 2.67. The molecule has 0 unspecified atom stereocenters. The normalized spacial score (nSPS) is 19.3. The monoisotopic (exact) mass is 690 g/mol. The van der Waals surface area contributed by atoms with Gasteiger partial charge in [-0.05, 0) is 63.3 Å². The number of carbonyl (C=O) groups excluding carboxylic acids is 2. The third-order valence-electron chi connectivity index (χ3n) is 8.82. The van der Waals surface area contributed by atoms with Gasteiger partial charge in [-0.1, -0.05) is 27.2 Å². The molecule has 45 heavy (non-hydrogen) atoms. The number of likely N-dealkylation sites (tertiary alicyclic amines) is 1. The van der Waals surface area contributed by atoms with Crippen LogP contribution in [0.5, 0.6) is 0 Å². The number of nitrogens with one attached hydrogen (secondary N) is 2. The minimum atomic E-state index is -3.71. The number of nitrogens with zero attached hydrogens (tertiary/aromatic N) is 4. The molecule has 15 heteroatoms. The molecule has 2 aliphatic rings. The van der Waals surface area contributed by atoms with E-state index in [0.717, 1.165) is 35.5 Å². The van der Waals surface area contributed by atoms with Gasteiger partial charge in [0, 0.05) is 44.0 Å². The number of sulfonamides is 1. The second-order valence-electron chi connectivity index (χ2n) is 12.0. The van der Waals surface area contributed by atoms with Crippen LogP contribution in [0.3, 0.4) is 0 Å². The van der Waals surface area contributed by atoms with Gasteiger partial charge in [-0.15, -0.1) is 24.8 Å². The molecule has 0 radical (unpaired) electrons. The summed E-state index contributed by atoms with van der Waals surface area (Å²) in [7, 11) is -3.71. The van der Waals surface area contributed by atoms with Gasteiger partial charge >= 0.3 is 0 Å². The van der Waals surface area contributed by atoms with Gasteiger partial charge in [-0.3, -0.25) is 14.5 Å². The number of hydrogen-bond acceptors (Lipinski definition) is 8. The van der Waals surface area contributed by atoms with E-state index < -0.39 is 27.7 Å². The van der Waals surface area contributed by atoms with Crippen LogP contribution >= 0.6 is 24.8 Å². The summed E-state index contributed by atoms with van der Waals surface area (Å²) in [6.45, 7) is 11.7. The first-order valence-electron chi connectivity index (χ1n) is 15.1. The van der Waals surface area contributed by atoms with Crippen LogP contribution < -0.4 is 10.0 Å². The number of piperidine rings is 1. The first-order chi connectivity index (χ1) is 20.4. The molecule has 3 heterocycles. The van der Waals surface area contributed by atoms with Gasteiger partial charge in [-0.25, -0.2) is 17.8 Å². The van der Waals surface area contributed by atoms with Crippen molar-refractivity contribution in [3.63, 3.8) is 0 Å². The first kappa shape index (κ1) is 38.9. The number of aliphatic hydroxyl groups is 2. The summed E-state index contributed by atoms with van der Waals surface area (Å²) in [6, 6.07) is 5.51. The number of halogens is 2. The molecule has 1 aromatic heterocycles. The zero-order valence-corrected chi connectivity index (χ0v) is 29.1. The van der Waals surface area contributed by atoms with Gasteiger partial charge in [-0.2, -0.15) is 5.10 Å². The van der Waals surface area contributed by atoms with Gasteiger partial charge < -0.3 is 20.4 Å². The Labute approximate surface area is 278 Å². The van der Waals surface area contributed by atoms with Crippen molar-refractivity contribution >= 4 is 46.7 Å². The highest BCUT2D eigenvalue weighted by atomic mass is 35.5. The molecule has 0 bridgehead atoms. The van der Waals surface area contributed by atoms with E-state index in [4.69, 9.17) is 10.2 Å². The van der Waals surface area contributed by atoms with Crippen molar-refractivity contribution in [1.82, 2.24) is 29.6 Å². The predicted molar refractivity (Wildman–Crippen MR) is 176 cm³/mol. The molecule has 2 aromatic rings. The summed E-state index contributed by atoms with van der Waals surface area (Å²) in [5, 5.41) is 27.2. The van der Waals surface area contributed by atoms with Crippen molar-refractivity contribution in [2.45, 2.75) is 89.4 Å². The van der Waals surface area contributed by atoms with Crippen LogP contribution in [0.15, 0.2) is 29.2 Å². The molecular weight excluding hydrogens is 643 g/mol.